The SMILES string of the molecule is O=C(O)CN(Cc1cc(Cl)ccc1O)CC(F)(F)F. The first-order valence-corrected chi connectivity index (χ1v) is 5.53. The molecule has 0 heterocycles. The maximum absolute atomic E-state index is 12.3. The van der Waals surface area contributed by atoms with Gasteiger partial charge in [0.05, 0.1) is 13.1 Å². The molecule has 2 N–H and O–H groups in total. The summed E-state index contributed by atoms with van der Waals surface area (Å²) in [6.45, 7) is -2.53. The summed E-state index contributed by atoms with van der Waals surface area (Å²) in [5, 5.41) is 18.3. The van der Waals surface area contributed by atoms with E-state index in [9.17, 15) is 23.1 Å². The summed E-state index contributed by atoms with van der Waals surface area (Å²) in [5.41, 5.74) is 0.137. The lowest BCUT2D eigenvalue weighted by Gasteiger charge is -2.22. The lowest BCUT2D eigenvalue weighted by atomic mass is 10.2. The molecule has 0 spiro atoms. The monoisotopic (exact) mass is 297 g/mol. The number of phenols is 1. The summed E-state index contributed by atoms with van der Waals surface area (Å²) in [7, 11) is 0. The first-order chi connectivity index (χ1) is 8.67. The van der Waals surface area contributed by atoms with Crippen LogP contribution in [0.15, 0.2) is 18.2 Å². The third-order valence-electron chi connectivity index (χ3n) is 2.20. The van der Waals surface area contributed by atoms with Crippen LogP contribution in [-0.2, 0) is 11.3 Å². The second-order valence-electron chi connectivity index (χ2n) is 3.93. The van der Waals surface area contributed by atoms with Crippen molar-refractivity contribution in [1.29, 1.82) is 0 Å². The van der Waals surface area contributed by atoms with Gasteiger partial charge in [-0.15, -0.1) is 0 Å². The van der Waals surface area contributed by atoms with Crippen LogP contribution < -0.4 is 0 Å². The quantitative estimate of drug-likeness (QED) is 0.876. The van der Waals surface area contributed by atoms with E-state index < -0.39 is 25.2 Å². The topological polar surface area (TPSA) is 60.8 Å². The molecule has 0 saturated heterocycles. The number of halogens is 4. The highest BCUT2D eigenvalue weighted by molar-refractivity contribution is 6.30. The molecule has 0 saturated carbocycles. The van der Waals surface area contributed by atoms with Gasteiger partial charge < -0.3 is 10.2 Å². The second kappa shape index (κ2) is 6.12. The number of hydrogen-bond donors (Lipinski definition) is 2. The first-order valence-electron chi connectivity index (χ1n) is 5.15. The van der Waals surface area contributed by atoms with Crippen LogP contribution >= 0.6 is 11.6 Å². The van der Waals surface area contributed by atoms with Gasteiger partial charge in [-0.05, 0) is 18.2 Å². The third kappa shape index (κ3) is 5.80. The molecule has 1 rings (SSSR count). The van der Waals surface area contributed by atoms with Crippen molar-refractivity contribution < 1.29 is 28.2 Å². The molecule has 0 aliphatic heterocycles. The molecular formula is C11H11ClF3NO3. The number of benzene rings is 1. The van der Waals surface area contributed by atoms with Crippen LogP contribution in [0.25, 0.3) is 0 Å². The summed E-state index contributed by atoms with van der Waals surface area (Å²) < 4.78 is 36.9. The number of carbonyl (C=O) groups is 1. The number of hydrogen-bond acceptors (Lipinski definition) is 3. The van der Waals surface area contributed by atoms with E-state index in [-0.39, 0.29) is 22.9 Å². The number of rotatable bonds is 5. The first kappa shape index (κ1) is 15.6. The Labute approximate surface area is 112 Å². The van der Waals surface area contributed by atoms with E-state index in [0.29, 0.717) is 4.90 Å². The molecule has 0 aromatic heterocycles. The number of carboxylic acid groups (broad SMARTS) is 1. The van der Waals surface area contributed by atoms with Gasteiger partial charge in [0, 0.05) is 17.1 Å². The molecule has 19 heavy (non-hydrogen) atoms. The number of phenolic OH excluding ortho intramolecular Hbond substituents is 1. The number of nitrogens with zero attached hydrogens (tertiary/aromatic N) is 1. The van der Waals surface area contributed by atoms with Crippen LogP contribution in [-0.4, -0.2) is 40.3 Å². The van der Waals surface area contributed by atoms with Gasteiger partial charge in [-0.1, -0.05) is 11.6 Å². The predicted molar refractivity (Wildman–Crippen MR) is 62.1 cm³/mol. The largest absolute Gasteiger partial charge is 0.508 e. The van der Waals surface area contributed by atoms with Crippen molar-refractivity contribution in [1.82, 2.24) is 4.90 Å². The molecule has 0 aliphatic carbocycles. The summed E-state index contributed by atoms with van der Waals surface area (Å²) in [5.74, 6) is -1.62. The Balaban J connectivity index is 2.87. The summed E-state index contributed by atoms with van der Waals surface area (Å²) >= 11 is 5.67. The summed E-state index contributed by atoms with van der Waals surface area (Å²) in [4.78, 5) is 11.2. The third-order valence-corrected chi connectivity index (χ3v) is 2.43. The van der Waals surface area contributed by atoms with Gasteiger partial charge in [-0.25, -0.2) is 0 Å². The highest BCUT2D eigenvalue weighted by atomic mass is 35.5. The number of carboxylic acids is 1. The molecule has 0 atom stereocenters. The van der Waals surface area contributed by atoms with Gasteiger partial charge in [-0.2, -0.15) is 13.2 Å². The second-order valence-corrected chi connectivity index (χ2v) is 4.36. The molecular weight excluding hydrogens is 287 g/mol. The smallest absolute Gasteiger partial charge is 0.401 e. The molecule has 0 bridgehead atoms. The fourth-order valence-corrected chi connectivity index (χ4v) is 1.73. The van der Waals surface area contributed by atoms with Crippen LogP contribution in [0, 0.1) is 0 Å². The van der Waals surface area contributed by atoms with E-state index in [1.54, 1.807) is 0 Å². The Morgan fingerprint density at radius 1 is 1.37 bits per heavy atom. The van der Waals surface area contributed by atoms with Gasteiger partial charge in [-0.3, -0.25) is 9.69 Å². The fraction of sp³-hybridized carbons (Fsp3) is 0.364. The maximum Gasteiger partial charge on any atom is 0.401 e. The Kier molecular flexibility index (Phi) is 5.02. The van der Waals surface area contributed by atoms with Crippen molar-refractivity contribution in [3.63, 3.8) is 0 Å². The highest BCUT2D eigenvalue weighted by Gasteiger charge is 2.31. The Bertz CT molecular complexity index is 465. The van der Waals surface area contributed by atoms with Crippen LogP contribution in [0.5, 0.6) is 5.75 Å². The molecule has 1 aromatic rings. The van der Waals surface area contributed by atoms with Crippen molar-refractivity contribution in [3.8, 4) is 5.75 Å². The van der Waals surface area contributed by atoms with Crippen LogP contribution in [0.3, 0.4) is 0 Å². The number of aliphatic carboxylic acids is 1. The summed E-state index contributed by atoms with van der Waals surface area (Å²) in [6, 6.07) is 3.91. The van der Waals surface area contributed by atoms with Crippen molar-refractivity contribution in [2.45, 2.75) is 12.7 Å². The standard InChI is InChI=1S/C11H11ClF3NO3/c12-8-1-2-9(17)7(3-8)4-16(5-10(18)19)6-11(13,14)15/h1-3,17H,4-6H2,(H,18,19). The van der Waals surface area contributed by atoms with Crippen molar-refractivity contribution in [2.24, 2.45) is 0 Å². The normalized spacial score (nSPS) is 11.8. The molecule has 0 amide bonds. The minimum Gasteiger partial charge on any atom is -0.508 e. The maximum atomic E-state index is 12.3. The van der Waals surface area contributed by atoms with Crippen LogP contribution in [0.1, 0.15) is 5.56 Å². The molecule has 4 nitrogen and oxygen atoms in total. The molecule has 0 radical (unpaired) electrons. The van der Waals surface area contributed by atoms with Crippen molar-refractivity contribution in [3.05, 3.63) is 28.8 Å². The van der Waals surface area contributed by atoms with E-state index in [4.69, 9.17) is 16.7 Å². The zero-order valence-electron chi connectivity index (χ0n) is 9.62. The average molecular weight is 298 g/mol. The van der Waals surface area contributed by atoms with Crippen LogP contribution in [0.4, 0.5) is 13.2 Å². The van der Waals surface area contributed by atoms with Gasteiger partial charge in [0.1, 0.15) is 5.75 Å². The van der Waals surface area contributed by atoms with E-state index in [1.807, 2.05) is 0 Å². The van der Waals surface area contributed by atoms with Gasteiger partial charge in [0.2, 0.25) is 0 Å². The number of aromatic hydroxyl groups is 1. The molecule has 1 aromatic carbocycles. The Hall–Kier alpha value is -1.47. The van der Waals surface area contributed by atoms with Crippen molar-refractivity contribution in [2.75, 3.05) is 13.1 Å². The lowest BCUT2D eigenvalue weighted by molar-refractivity contribution is -0.154. The zero-order valence-corrected chi connectivity index (χ0v) is 10.4. The van der Waals surface area contributed by atoms with E-state index >= 15 is 0 Å². The number of alkyl halides is 3. The summed E-state index contributed by atoms with van der Waals surface area (Å²) in [6.07, 6.45) is -4.52. The highest BCUT2D eigenvalue weighted by Crippen LogP contribution is 2.24. The minimum absolute atomic E-state index is 0.137. The molecule has 0 fully saturated rings. The Morgan fingerprint density at radius 2 is 2.00 bits per heavy atom. The van der Waals surface area contributed by atoms with Crippen molar-refractivity contribution >= 4 is 17.6 Å². The van der Waals surface area contributed by atoms with E-state index in [0.717, 1.165) is 0 Å². The molecule has 0 unspecified atom stereocenters. The average Bonchev–Trinajstić information content (AvgIpc) is 2.20. The molecule has 0 aliphatic rings. The van der Waals surface area contributed by atoms with E-state index in [1.165, 1.54) is 18.2 Å². The predicted octanol–water partition coefficient (Wildman–Crippen LogP) is 2.49. The molecule has 106 valence electrons. The van der Waals surface area contributed by atoms with Gasteiger partial charge in [0.25, 0.3) is 0 Å². The van der Waals surface area contributed by atoms with Crippen LogP contribution in [0.2, 0.25) is 5.02 Å². The molecule has 8 heteroatoms. The van der Waals surface area contributed by atoms with Gasteiger partial charge >= 0.3 is 12.1 Å². The minimum atomic E-state index is -4.52. The lowest BCUT2D eigenvalue weighted by Crippen LogP contribution is -2.37. The van der Waals surface area contributed by atoms with E-state index in [2.05, 4.69) is 0 Å². The fourth-order valence-electron chi connectivity index (χ4n) is 1.53. The zero-order chi connectivity index (χ0) is 14.6. The van der Waals surface area contributed by atoms with Gasteiger partial charge in [0.15, 0.2) is 0 Å². The Morgan fingerprint density at radius 3 is 2.53 bits per heavy atom.